The van der Waals surface area contributed by atoms with E-state index in [1.807, 2.05) is 30.0 Å². The first-order valence-corrected chi connectivity index (χ1v) is 12.1. The Morgan fingerprint density at radius 2 is 1.81 bits per heavy atom. The molecule has 1 aromatic rings. The van der Waals surface area contributed by atoms with E-state index in [0.29, 0.717) is 18.0 Å². The van der Waals surface area contributed by atoms with Gasteiger partial charge in [-0.1, -0.05) is 13.8 Å². The summed E-state index contributed by atoms with van der Waals surface area (Å²) < 4.78 is 0. The van der Waals surface area contributed by atoms with Crippen LogP contribution < -0.4 is 10.6 Å². The van der Waals surface area contributed by atoms with Crippen LogP contribution in [-0.2, 0) is 0 Å². The zero-order valence-electron chi connectivity index (χ0n) is 19.6. The number of rotatable bonds is 7. The van der Waals surface area contributed by atoms with Crippen LogP contribution in [0.5, 0.6) is 0 Å². The second-order valence-electron chi connectivity index (χ2n) is 9.64. The summed E-state index contributed by atoms with van der Waals surface area (Å²) in [5, 5.41) is 5.88. The van der Waals surface area contributed by atoms with Gasteiger partial charge in [0.15, 0.2) is 0 Å². The highest BCUT2D eigenvalue weighted by molar-refractivity contribution is 5.96. The fourth-order valence-electron chi connectivity index (χ4n) is 4.65. The lowest BCUT2D eigenvalue weighted by Gasteiger charge is -2.30. The third kappa shape index (κ3) is 7.23. The van der Waals surface area contributed by atoms with Gasteiger partial charge in [0, 0.05) is 37.4 Å². The monoisotopic (exact) mass is 428 g/mol. The number of nitrogens with zero attached hydrogens (tertiary/aromatic N) is 2. The van der Waals surface area contributed by atoms with E-state index in [-0.39, 0.29) is 11.9 Å². The lowest BCUT2D eigenvalue weighted by Crippen LogP contribution is -2.38. The standard InChI is InChI=1S/C25H40N4O2/c1-19-10-15-29(16-11-19)24(30)22-8-9-23(21(3)17-22)27-25(31)26-12-4-5-13-28-14-6-7-20(2)18-28/h8-9,17,19-20H,4-7,10-16,18H2,1-3H3,(H2,26,27,31). The molecule has 2 N–H and O–H groups in total. The molecular weight excluding hydrogens is 388 g/mol. The minimum Gasteiger partial charge on any atom is -0.339 e. The highest BCUT2D eigenvalue weighted by Crippen LogP contribution is 2.21. The molecule has 2 fully saturated rings. The van der Waals surface area contributed by atoms with Crippen LogP contribution in [0.3, 0.4) is 0 Å². The van der Waals surface area contributed by atoms with Gasteiger partial charge in [-0.3, -0.25) is 4.79 Å². The van der Waals surface area contributed by atoms with Crippen molar-refractivity contribution in [3.8, 4) is 0 Å². The zero-order chi connectivity index (χ0) is 22.2. The molecule has 3 rings (SSSR count). The second kappa shape index (κ2) is 11.5. The number of likely N-dealkylation sites (tertiary alicyclic amines) is 2. The van der Waals surface area contributed by atoms with E-state index in [0.717, 1.165) is 62.5 Å². The summed E-state index contributed by atoms with van der Waals surface area (Å²) in [5.41, 5.74) is 2.36. The van der Waals surface area contributed by atoms with Crippen LogP contribution in [-0.4, -0.2) is 61.0 Å². The molecule has 1 aromatic carbocycles. The van der Waals surface area contributed by atoms with Gasteiger partial charge in [0.25, 0.3) is 5.91 Å². The zero-order valence-corrected chi connectivity index (χ0v) is 19.6. The van der Waals surface area contributed by atoms with Crippen molar-refractivity contribution < 1.29 is 9.59 Å². The Labute approximate surface area is 187 Å². The second-order valence-corrected chi connectivity index (χ2v) is 9.64. The summed E-state index contributed by atoms with van der Waals surface area (Å²) in [6, 6.07) is 5.36. The number of carbonyl (C=O) groups excluding carboxylic acids is 2. The molecule has 31 heavy (non-hydrogen) atoms. The molecular formula is C25H40N4O2. The molecule has 0 aromatic heterocycles. The van der Waals surface area contributed by atoms with Crippen LogP contribution in [0.15, 0.2) is 18.2 Å². The third-order valence-corrected chi connectivity index (χ3v) is 6.72. The lowest BCUT2D eigenvalue weighted by atomic mass is 9.98. The smallest absolute Gasteiger partial charge is 0.319 e. The molecule has 1 atom stereocenters. The van der Waals surface area contributed by atoms with Gasteiger partial charge in [-0.15, -0.1) is 0 Å². The van der Waals surface area contributed by atoms with Gasteiger partial charge in [0.2, 0.25) is 0 Å². The van der Waals surface area contributed by atoms with Crippen molar-refractivity contribution in [1.29, 1.82) is 0 Å². The Balaban J connectivity index is 1.38. The number of benzene rings is 1. The van der Waals surface area contributed by atoms with E-state index in [2.05, 4.69) is 29.4 Å². The Morgan fingerprint density at radius 1 is 1.03 bits per heavy atom. The summed E-state index contributed by atoms with van der Waals surface area (Å²) in [6.07, 6.45) is 6.90. The van der Waals surface area contributed by atoms with Gasteiger partial charge in [-0.2, -0.15) is 0 Å². The van der Waals surface area contributed by atoms with E-state index in [1.54, 1.807) is 0 Å². The number of piperidine rings is 2. The van der Waals surface area contributed by atoms with Gasteiger partial charge in [-0.05, 0) is 94.1 Å². The van der Waals surface area contributed by atoms with Crippen molar-refractivity contribution >= 4 is 17.6 Å². The Hall–Kier alpha value is -2.08. The van der Waals surface area contributed by atoms with E-state index in [1.165, 1.54) is 25.9 Å². The average molecular weight is 429 g/mol. The summed E-state index contributed by atoms with van der Waals surface area (Å²) >= 11 is 0. The maximum atomic E-state index is 12.8. The molecule has 1 unspecified atom stereocenters. The summed E-state index contributed by atoms with van der Waals surface area (Å²) in [4.78, 5) is 29.5. The number of nitrogens with one attached hydrogen (secondary N) is 2. The van der Waals surface area contributed by atoms with Crippen LogP contribution in [0.2, 0.25) is 0 Å². The van der Waals surface area contributed by atoms with E-state index < -0.39 is 0 Å². The molecule has 6 nitrogen and oxygen atoms in total. The molecule has 0 radical (unpaired) electrons. The lowest BCUT2D eigenvalue weighted by molar-refractivity contribution is 0.0697. The molecule has 2 heterocycles. The van der Waals surface area contributed by atoms with Gasteiger partial charge in [0.05, 0.1) is 0 Å². The van der Waals surface area contributed by atoms with Crippen molar-refractivity contribution in [2.75, 3.05) is 44.6 Å². The molecule has 0 spiro atoms. The maximum absolute atomic E-state index is 12.8. The van der Waals surface area contributed by atoms with Crippen molar-refractivity contribution in [3.05, 3.63) is 29.3 Å². The minimum absolute atomic E-state index is 0.0918. The highest BCUT2D eigenvalue weighted by Gasteiger charge is 2.22. The maximum Gasteiger partial charge on any atom is 0.319 e. The van der Waals surface area contributed by atoms with Crippen LogP contribution >= 0.6 is 0 Å². The van der Waals surface area contributed by atoms with Crippen LogP contribution in [0.1, 0.15) is 68.3 Å². The number of anilines is 1. The van der Waals surface area contributed by atoms with E-state index >= 15 is 0 Å². The van der Waals surface area contributed by atoms with Crippen molar-refractivity contribution in [3.63, 3.8) is 0 Å². The van der Waals surface area contributed by atoms with Crippen LogP contribution in [0, 0.1) is 18.8 Å². The number of carbonyl (C=O) groups is 2. The number of unbranched alkanes of at least 4 members (excludes halogenated alkanes) is 1. The van der Waals surface area contributed by atoms with Gasteiger partial charge >= 0.3 is 6.03 Å². The fraction of sp³-hybridized carbons (Fsp3) is 0.680. The Kier molecular flexibility index (Phi) is 8.76. The van der Waals surface area contributed by atoms with E-state index in [9.17, 15) is 9.59 Å². The Bertz CT molecular complexity index is 743. The number of hydrogen-bond donors (Lipinski definition) is 2. The molecule has 2 saturated heterocycles. The van der Waals surface area contributed by atoms with Crippen LogP contribution in [0.25, 0.3) is 0 Å². The SMILES string of the molecule is Cc1cc(C(=O)N2CCC(C)CC2)ccc1NC(=O)NCCCCN1CCCC(C)C1. The highest BCUT2D eigenvalue weighted by atomic mass is 16.2. The molecule has 2 aliphatic heterocycles. The van der Waals surface area contributed by atoms with Gasteiger partial charge < -0.3 is 20.4 Å². The van der Waals surface area contributed by atoms with Crippen LogP contribution in [0.4, 0.5) is 10.5 Å². The topological polar surface area (TPSA) is 64.7 Å². The molecule has 2 aliphatic rings. The molecule has 6 heteroatoms. The first kappa shape index (κ1) is 23.6. The molecule has 172 valence electrons. The molecule has 0 aliphatic carbocycles. The van der Waals surface area contributed by atoms with E-state index in [4.69, 9.17) is 0 Å². The molecule has 0 bridgehead atoms. The number of hydrogen-bond acceptors (Lipinski definition) is 3. The third-order valence-electron chi connectivity index (χ3n) is 6.72. The summed E-state index contributed by atoms with van der Waals surface area (Å²) in [5.74, 6) is 1.60. The van der Waals surface area contributed by atoms with Crippen molar-refractivity contribution in [2.45, 2.75) is 59.3 Å². The average Bonchev–Trinajstić information content (AvgIpc) is 2.75. The van der Waals surface area contributed by atoms with Crippen molar-refractivity contribution in [1.82, 2.24) is 15.1 Å². The first-order valence-electron chi connectivity index (χ1n) is 12.1. The summed E-state index contributed by atoms with van der Waals surface area (Å²) in [6.45, 7) is 12.4. The predicted molar refractivity (Wildman–Crippen MR) is 127 cm³/mol. The minimum atomic E-state index is -0.182. The van der Waals surface area contributed by atoms with Gasteiger partial charge in [0.1, 0.15) is 0 Å². The quantitative estimate of drug-likeness (QED) is 0.629. The first-order chi connectivity index (χ1) is 14.9. The largest absolute Gasteiger partial charge is 0.339 e. The number of urea groups is 1. The van der Waals surface area contributed by atoms with Gasteiger partial charge in [-0.25, -0.2) is 4.79 Å². The molecule has 3 amide bonds. The molecule has 0 saturated carbocycles. The summed E-state index contributed by atoms with van der Waals surface area (Å²) in [7, 11) is 0. The number of amides is 3. The normalized spacial score (nSPS) is 20.5. The fourth-order valence-corrected chi connectivity index (χ4v) is 4.65. The Morgan fingerprint density at radius 3 is 2.52 bits per heavy atom. The number of aryl methyl sites for hydroxylation is 1. The predicted octanol–water partition coefficient (Wildman–Crippen LogP) is 4.50. The van der Waals surface area contributed by atoms with Crippen molar-refractivity contribution in [2.24, 2.45) is 11.8 Å².